The molecule has 0 aromatic carbocycles. The van der Waals surface area contributed by atoms with Crippen molar-refractivity contribution in [1.82, 2.24) is 20.9 Å². The summed E-state index contributed by atoms with van der Waals surface area (Å²) in [7, 11) is 0. The molecule has 2 aliphatic rings. The quantitative estimate of drug-likeness (QED) is 0.346. The van der Waals surface area contributed by atoms with Crippen LogP contribution in [0.1, 0.15) is 46.0 Å². The highest BCUT2D eigenvalue weighted by Gasteiger charge is 2.50. The van der Waals surface area contributed by atoms with Crippen LogP contribution in [0.2, 0.25) is 0 Å². The number of rotatable bonds is 8. The number of carbonyl (C=O) groups excluding carboxylic acids is 3. The Labute approximate surface area is 155 Å². The number of hydrogen-bond acceptors (Lipinski definition) is 4. The number of hydrogen-bond donors (Lipinski definition) is 3. The van der Waals surface area contributed by atoms with Gasteiger partial charge in [0.1, 0.15) is 0 Å². The lowest BCUT2D eigenvalue weighted by molar-refractivity contribution is -0.124. The van der Waals surface area contributed by atoms with Gasteiger partial charge >= 0.3 is 6.03 Å². The Balaban J connectivity index is 2.40. The van der Waals surface area contributed by atoms with Crippen LogP contribution in [0.3, 0.4) is 0 Å². The summed E-state index contributed by atoms with van der Waals surface area (Å²) in [5, 5.41) is 8.54. The molecule has 4 amide bonds. The third kappa shape index (κ3) is 3.98. The first kappa shape index (κ1) is 20.2. The third-order valence-corrected chi connectivity index (χ3v) is 5.17. The van der Waals surface area contributed by atoms with Crippen LogP contribution in [0.4, 0.5) is 4.79 Å². The minimum absolute atomic E-state index is 0.227. The molecule has 7 nitrogen and oxygen atoms in total. The van der Waals surface area contributed by atoms with Gasteiger partial charge < -0.3 is 15.5 Å². The Hall–Kier alpha value is -2.15. The number of amides is 4. The predicted molar refractivity (Wildman–Crippen MR) is 101 cm³/mol. The van der Waals surface area contributed by atoms with Crippen molar-refractivity contribution in [2.75, 3.05) is 26.2 Å². The lowest BCUT2D eigenvalue weighted by atomic mass is 9.79. The molecule has 2 rings (SSSR count). The molecule has 144 valence electrons. The molecular weight excluding hydrogens is 332 g/mol. The van der Waals surface area contributed by atoms with Gasteiger partial charge in [0.2, 0.25) is 0 Å². The van der Waals surface area contributed by atoms with Gasteiger partial charge in [0, 0.05) is 31.8 Å². The van der Waals surface area contributed by atoms with Crippen molar-refractivity contribution in [3.63, 3.8) is 0 Å². The van der Waals surface area contributed by atoms with Crippen LogP contribution in [-0.2, 0) is 9.59 Å². The van der Waals surface area contributed by atoms with E-state index in [-0.39, 0.29) is 17.8 Å². The molecule has 0 spiro atoms. The van der Waals surface area contributed by atoms with Crippen LogP contribution in [0.25, 0.3) is 0 Å². The van der Waals surface area contributed by atoms with Gasteiger partial charge in [0.15, 0.2) is 0 Å². The molecule has 7 heteroatoms. The molecule has 0 aromatic rings. The molecule has 2 aliphatic heterocycles. The van der Waals surface area contributed by atoms with Crippen LogP contribution in [-0.4, -0.2) is 54.5 Å². The standard InChI is InChI=1S/C19H30N4O3/c1-4-6-7-8-9-19(15-14(3)16(24)22-17(15)25)13-20-11-12-23(19)18(26)21-10-5-2/h5,20H,2,4,6-13H2,1,3H3,(H,21,26)(H,22,24,25). The number of nitrogens with one attached hydrogen (secondary N) is 3. The number of piperazine rings is 1. The number of imide groups is 1. The van der Waals surface area contributed by atoms with Gasteiger partial charge in [-0.2, -0.15) is 0 Å². The highest BCUT2D eigenvalue weighted by molar-refractivity contribution is 6.20. The molecule has 1 fully saturated rings. The van der Waals surface area contributed by atoms with E-state index in [0.29, 0.717) is 43.7 Å². The molecule has 1 unspecified atom stereocenters. The maximum atomic E-state index is 12.8. The largest absolute Gasteiger partial charge is 0.335 e. The molecule has 0 saturated carbocycles. The molecular formula is C19H30N4O3. The van der Waals surface area contributed by atoms with E-state index in [1.807, 2.05) is 0 Å². The number of unbranched alkanes of at least 4 members (excludes halogenated alkanes) is 3. The Kier molecular flexibility index (Phi) is 6.97. The maximum absolute atomic E-state index is 12.8. The average Bonchev–Trinajstić information content (AvgIpc) is 2.89. The van der Waals surface area contributed by atoms with E-state index in [1.54, 1.807) is 17.9 Å². The molecule has 0 aliphatic carbocycles. The van der Waals surface area contributed by atoms with Crippen molar-refractivity contribution < 1.29 is 14.4 Å². The SMILES string of the molecule is C=CCNC(=O)N1CCNCC1(CCCCCC)C1=C(C)C(=O)NC1=O. The Morgan fingerprint density at radius 1 is 1.31 bits per heavy atom. The fourth-order valence-electron chi connectivity index (χ4n) is 3.87. The zero-order valence-corrected chi connectivity index (χ0v) is 15.8. The van der Waals surface area contributed by atoms with E-state index in [9.17, 15) is 14.4 Å². The van der Waals surface area contributed by atoms with E-state index >= 15 is 0 Å². The van der Waals surface area contributed by atoms with Gasteiger partial charge in [0.25, 0.3) is 11.8 Å². The predicted octanol–water partition coefficient (Wildman–Crippen LogP) is 1.47. The number of carbonyl (C=O) groups is 3. The highest BCUT2D eigenvalue weighted by atomic mass is 16.2. The van der Waals surface area contributed by atoms with Gasteiger partial charge in [-0.15, -0.1) is 6.58 Å². The summed E-state index contributed by atoms with van der Waals surface area (Å²) in [5.41, 5.74) is 0.0352. The van der Waals surface area contributed by atoms with Crippen molar-refractivity contribution in [2.45, 2.75) is 51.5 Å². The molecule has 0 radical (unpaired) electrons. The molecule has 2 heterocycles. The van der Waals surface area contributed by atoms with Crippen molar-refractivity contribution in [3.8, 4) is 0 Å². The van der Waals surface area contributed by atoms with E-state index in [1.165, 1.54) is 0 Å². The van der Waals surface area contributed by atoms with Crippen LogP contribution in [0, 0.1) is 0 Å². The monoisotopic (exact) mass is 362 g/mol. The van der Waals surface area contributed by atoms with Gasteiger partial charge in [0.05, 0.1) is 11.1 Å². The second-order valence-corrected chi connectivity index (χ2v) is 6.93. The Morgan fingerprint density at radius 3 is 2.69 bits per heavy atom. The lowest BCUT2D eigenvalue weighted by Crippen LogP contribution is -2.66. The molecule has 3 N–H and O–H groups in total. The molecule has 1 atom stereocenters. The van der Waals surface area contributed by atoms with Gasteiger partial charge in [-0.05, 0) is 13.3 Å². The van der Waals surface area contributed by atoms with Gasteiger partial charge in [-0.25, -0.2) is 4.79 Å². The maximum Gasteiger partial charge on any atom is 0.318 e. The number of urea groups is 1. The summed E-state index contributed by atoms with van der Waals surface area (Å²) in [4.78, 5) is 39.2. The van der Waals surface area contributed by atoms with E-state index in [4.69, 9.17) is 0 Å². The summed E-state index contributed by atoms with van der Waals surface area (Å²) >= 11 is 0. The summed E-state index contributed by atoms with van der Waals surface area (Å²) < 4.78 is 0. The number of nitrogens with zero attached hydrogens (tertiary/aromatic N) is 1. The zero-order chi connectivity index (χ0) is 19.2. The second kappa shape index (κ2) is 8.98. The minimum Gasteiger partial charge on any atom is -0.335 e. The lowest BCUT2D eigenvalue weighted by Gasteiger charge is -2.48. The second-order valence-electron chi connectivity index (χ2n) is 6.93. The van der Waals surface area contributed by atoms with Gasteiger partial charge in [-0.3, -0.25) is 14.9 Å². The molecule has 1 saturated heterocycles. The summed E-state index contributed by atoms with van der Waals surface area (Å²) in [5.74, 6) is -0.747. The van der Waals surface area contributed by atoms with Gasteiger partial charge in [-0.1, -0.05) is 38.7 Å². The first-order valence-electron chi connectivity index (χ1n) is 9.42. The highest BCUT2D eigenvalue weighted by Crippen LogP contribution is 2.36. The molecule has 26 heavy (non-hydrogen) atoms. The first-order valence-corrected chi connectivity index (χ1v) is 9.42. The van der Waals surface area contributed by atoms with Crippen molar-refractivity contribution in [1.29, 1.82) is 0 Å². The summed E-state index contributed by atoms with van der Waals surface area (Å²) in [6.45, 7) is 9.40. The first-order chi connectivity index (χ1) is 12.5. The van der Waals surface area contributed by atoms with Crippen LogP contribution in [0.15, 0.2) is 23.8 Å². The van der Waals surface area contributed by atoms with E-state index in [2.05, 4.69) is 29.5 Å². The fourth-order valence-corrected chi connectivity index (χ4v) is 3.87. The normalized spacial score (nSPS) is 23.2. The molecule has 0 bridgehead atoms. The molecule has 0 aromatic heterocycles. The smallest absolute Gasteiger partial charge is 0.318 e. The third-order valence-electron chi connectivity index (χ3n) is 5.17. The van der Waals surface area contributed by atoms with Crippen LogP contribution < -0.4 is 16.0 Å². The van der Waals surface area contributed by atoms with E-state index < -0.39 is 5.54 Å². The van der Waals surface area contributed by atoms with Crippen LogP contribution in [0.5, 0.6) is 0 Å². The zero-order valence-electron chi connectivity index (χ0n) is 15.8. The van der Waals surface area contributed by atoms with Crippen molar-refractivity contribution in [3.05, 3.63) is 23.8 Å². The van der Waals surface area contributed by atoms with Crippen molar-refractivity contribution in [2.24, 2.45) is 0 Å². The average molecular weight is 362 g/mol. The van der Waals surface area contributed by atoms with Crippen LogP contribution >= 0.6 is 0 Å². The van der Waals surface area contributed by atoms with E-state index in [0.717, 1.165) is 25.7 Å². The summed E-state index contributed by atoms with van der Waals surface area (Å²) in [6.07, 6.45) is 6.40. The van der Waals surface area contributed by atoms with Crippen molar-refractivity contribution >= 4 is 17.8 Å². The minimum atomic E-state index is -0.808. The topological polar surface area (TPSA) is 90.5 Å². The Bertz CT molecular complexity index is 614. The summed E-state index contributed by atoms with van der Waals surface area (Å²) in [6, 6.07) is -0.227. The Morgan fingerprint density at radius 2 is 2.08 bits per heavy atom. The fraction of sp³-hybridized carbons (Fsp3) is 0.632.